The Morgan fingerprint density at radius 3 is 2.48 bits per heavy atom. The van der Waals surface area contributed by atoms with E-state index in [0.29, 0.717) is 23.7 Å². The first-order valence-corrected chi connectivity index (χ1v) is 12.9. The molecular formula is C23H21ClN4O3S2. The zero-order valence-corrected chi connectivity index (χ0v) is 20.3. The summed E-state index contributed by atoms with van der Waals surface area (Å²) in [5.41, 5.74) is 2.26. The molecule has 0 aliphatic heterocycles. The fourth-order valence-electron chi connectivity index (χ4n) is 3.42. The number of carbonyl (C=O) groups excluding carboxylic acids is 1. The van der Waals surface area contributed by atoms with Gasteiger partial charge in [-0.2, -0.15) is 4.31 Å². The Hall–Kier alpha value is -2.85. The van der Waals surface area contributed by atoms with Crippen LogP contribution in [0, 0.1) is 0 Å². The second-order valence-electron chi connectivity index (χ2n) is 7.15. The molecule has 0 radical (unpaired) electrons. The van der Waals surface area contributed by atoms with Crippen molar-refractivity contribution in [2.24, 2.45) is 0 Å². The number of hydrogen-bond donors (Lipinski definition) is 1. The van der Waals surface area contributed by atoms with E-state index in [-0.39, 0.29) is 15.8 Å². The maximum Gasteiger partial charge on any atom is 0.265 e. The van der Waals surface area contributed by atoms with Gasteiger partial charge < -0.3 is 5.32 Å². The van der Waals surface area contributed by atoms with Crippen LogP contribution in [0.4, 0.5) is 5.69 Å². The normalized spacial score (nSPS) is 11.8. The van der Waals surface area contributed by atoms with E-state index in [1.54, 1.807) is 44.6 Å². The molecule has 33 heavy (non-hydrogen) atoms. The number of rotatable bonds is 7. The summed E-state index contributed by atoms with van der Waals surface area (Å²) in [5, 5.41) is 3.73. The average molecular weight is 501 g/mol. The summed E-state index contributed by atoms with van der Waals surface area (Å²) in [6.45, 7) is 4.16. The topological polar surface area (TPSA) is 92.3 Å². The predicted octanol–water partition coefficient (Wildman–Crippen LogP) is 5.29. The Morgan fingerprint density at radius 1 is 1.06 bits per heavy atom. The first kappa shape index (κ1) is 23.3. The van der Waals surface area contributed by atoms with Crippen LogP contribution in [0.25, 0.3) is 21.3 Å². The number of sulfonamides is 1. The Kier molecular flexibility index (Phi) is 6.76. The third kappa shape index (κ3) is 4.77. The number of anilines is 1. The first-order valence-electron chi connectivity index (χ1n) is 10.2. The van der Waals surface area contributed by atoms with Crippen LogP contribution < -0.4 is 5.32 Å². The fourth-order valence-corrected chi connectivity index (χ4v) is 6.26. The summed E-state index contributed by atoms with van der Waals surface area (Å²) >= 11 is 7.45. The van der Waals surface area contributed by atoms with E-state index in [2.05, 4.69) is 15.3 Å². The number of carbonyl (C=O) groups is 1. The highest BCUT2D eigenvalue weighted by Crippen LogP contribution is 2.30. The highest BCUT2D eigenvalue weighted by Gasteiger charge is 2.25. The highest BCUT2D eigenvalue weighted by atomic mass is 35.5. The van der Waals surface area contributed by atoms with E-state index in [0.717, 1.165) is 21.3 Å². The molecule has 3 aromatic heterocycles. The van der Waals surface area contributed by atoms with E-state index in [1.165, 1.54) is 27.8 Å². The van der Waals surface area contributed by atoms with Gasteiger partial charge in [0.1, 0.15) is 9.73 Å². The molecule has 10 heteroatoms. The number of nitrogens with one attached hydrogen (secondary N) is 1. The summed E-state index contributed by atoms with van der Waals surface area (Å²) in [5.74, 6) is -0.350. The summed E-state index contributed by atoms with van der Waals surface area (Å²) in [6, 6.07) is 12.0. The van der Waals surface area contributed by atoms with Crippen molar-refractivity contribution < 1.29 is 13.2 Å². The van der Waals surface area contributed by atoms with Gasteiger partial charge in [0, 0.05) is 48.3 Å². The number of nitrogens with zero attached hydrogens (tertiary/aromatic N) is 3. The van der Waals surface area contributed by atoms with Crippen molar-refractivity contribution in [1.82, 2.24) is 14.3 Å². The van der Waals surface area contributed by atoms with E-state index >= 15 is 0 Å². The number of thiophene rings is 1. The van der Waals surface area contributed by atoms with Gasteiger partial charge in [0.25, 0.3) is 5.91 Å². The molecule has 0 bridgehead atoms. The van der Waals surface area contributed by atoms with Gasteiger partial charge in [-0.15, -0.1) is 11.3 Å². The molecule has 7 nitrogen and oxygen atoms in total. The molecule has 170 valence electrons. The number of halogens is 1. The molecule has 0 atom stereocenters. The van der Waals surface area contributed by atoms with Gasteiger partial charge in [0.05, 0.1) is 9.90 Å². The SMILES string of the molecule is CCN(CC)S(=O)(=O)c1cc(NC(=O)c2cc3cc(-c4ccncc4)cnc3s2)ccc1Cl. The number of aromatic nitrogens is 2. The van der Waals surface area contributed by atoms with Gasteiger partial charge in [-0.3, -0.25) is 9.78 Å². The number of pyridine rings is 2. The van der Waals surface area contributed by atoms with Crippen LogP contribution in [-0.2, 0) is 10.0 Å². The molecule has 0 saturated carbocycles. The molecule has 0 aliphatic carbocycles. The highest BCUT2D eigenvalue weighted by molar-refractivity contribution is 7.89. The third-order valence-electron chi connectivity index (χ3n) is 5.12. The second-order valence-corrected chi connectivity index (χ2v) is 10.5. The van der Waals surface area contributed by atoms with Crippen LogP contribution in [0.2, 0.25) is 5.02 Å². The summed E-state index contributed by atoms with van der Waals surface area (Å²) < 4.78 is 27.1. The minimum Gasteiger partial charge on any atom is -0.321 e. The molecule has 4 aromatic rings. The van der Waals surface area contributed by atoms with Crippen LogP contribution in [-0.4, -0.2) is 41.7 Å². The zero-order valence-electron chi connectivity index (χ0n) is 17.9. The number of fused-ring (bicyclic) bond motifs is 1. The number of benzene rings is 1. The van der Waals surface area contributed by atoms with E-state index in [4.69, 9.17) is 11.6 Å². The van der Waals surface area contributed by atoms with E-state index < -0.39 is 10.0 Å². The smallest absolute Gasteiger partial charge is 0.265 e. The molecule has 0 saturated heterocycles. The minimum atomic E-state index is -3.77. The van der Waals surface area contributed by atoms with E-state index in [1.807, 2.05) is 18.2 Å². The van der Waals surface area contributed by atoms with Crippen molar-refractivity contribution in [3.05, 3.63) is 71.0 Å². The molecule has 4 rings (SSSR count). The number of amides is 1. The molecule has 1 aromatic carbocycles. The molecule has 0 unspecified atom stereocenters. The average Bonchev–Trinajstić information content (AvgIpc) is 3.25. The molecule has 3 heterocycles. The summed E-state index contributed by atoms with van der Waals surface area (Å²) in [6.07, 6.45) is 5.19. The van der Waals surface area contributed by atoms with E-state index in [9.17, 15) is 13.2 Å². The van der Waals surface area contributed by atoms with Crippen molar-refractivity contribution >= 4 is 54.8 Å². The lowest BCUT2D eigenvalue weighted by Crippen LogP contribution is -2.30. The monoisotopic (exact) mass is 500 g/mol. The van der Waals surface area contributed by atoms with Gasteiger partial charge in [-0.1, -0.05) is 25.4 Å². The fraction of sp³-hybridized carbons (Fsp3) is 0.174. The lowest BCUT2D eigenvalue weighted by atomic mass is 10.1. The van der Waals surface area contributed by atoms with Gasteiger partial charge >= 0.3 is 0 Å². The number of hydrogen-bond acceptors (Lipinski definition) is 6. The molecule has 0 fully saturated rings. The second kappa shape index (κ2) is 9.56. The lowest BCUT2D eigenvalue weighted by Gasteiger charge is -2.19. The van der Waals surface area contributed by atoms with Gasteiger partial charge in [-0.05, 0) is 48.0 Å². The van der Waals surface area contributed by atoms with Crippen molar-refractivity contribution in [3.8, 4) is 11.1 Å². The lowest BCUT2D eigenvalue weighted by molar-refractivity contribution is 0.103. The van der Waals surface area contributed by atoms with Crippen LogP contribution in [0.5, 0.6) is 0 Å². The molecule has 0 aliphatic rings. The third-order valence-corrected chi connectivity index (χ3v) is 8.71. The molecule has 0 spiro atoms. The van der Waals surface area contributed by atoms with Crippen molar-refractivity contribution in [2.75, 3.05) is 18.4 Å². The summed E-state index contributed by atoms with van der Waals surface area (Å²) in [7, 11) is -3.77. The Morgan fingerprint density at radius 2 is 1.79 bits per heavy atom. The maximum atomic E-state index is 12.9. The maximum absolute atomic E-state index is 12.9. The van der Waals surface area contributed by atoms with Crippen molar-refractivity contribution in [1.29, 1.82) is 0 Å². The van der Waals surface area contributed by atoms with Crippen LogP contribution in [0.1, 0.15) is 23.5 Å². The molecule has 1 amide bonds. The van der Waals surface area contributed by atoms with Crippen molar-refractivity contribution in [2.45, 2.75) is 18.7 Å². The molecular weight excluding hydrogens is 480 g/mol. The van der Waals surface area contributed by atoms with Gasteiger partial charge in [0.15, 0.2) is 0 Å². The predicted molar refractivity (Wildman–Crippen MR) is 132 cm³/mol. The van der Waals surface area contributed by atoms with Crippen LogP contribution in [0.15, 0.2) is 66.0 Å². The van der Waals surface area contributed by atoms with Crippen LogP contribution >= 0.6 is 22.9 Å². The molecule has 1 N–H and O–H groups in total. The standard InChI is InChI=1S/C23H21ClN4O3S2/c1-3-28(4-2)33(30,31)21-13-18(5-6-19(21)24)27-22(29)20-12-16-11-17(14-26-23(16)32-20)15-7-9-25-10-8-15/h5-14H,3-4H2,1-2H3,(H,27,29). The van der Waals surface area contributed by atoms with Crippen LogP contribution in [0.3, 0.4) is 0 Å². The Bertz CT molecular complexity index is 1420. The van der Waals surface area contributed by atoms with Gasteiger partial charge in [-0.25, -0.2) is 13.4 Å². The van der Waals surface area contributed by atoms with Crippen molar-refractivity contribution in [3.63, 3.8) is 0 Å². The quantitative estimate of drug-likeness (QED) is 0.372. The minimum absolute atomic E-state index is 0.0364. The summed E-state index contributed by atoms with van der Waals surface area (Å²) in [4.78, 5) is 22.6. The Balaban J connectivity index is 1.61. The zero-order chi connectivity index (χ0) is 23.6. The van der Waals surface area contributed by atoms with Gasteiger partial charge in [0.2, 0.25) is 10.0 Å². The Labute approximate surface area is 201 Å². The first-order chi connectivity index (χ1) is 15.8. The largest absolute Gasteiger partial charge is 0.321 e.